The van der Waals surface area contributed by atoms with E-state index in [4.69, 9.17) is 9.47 Å². The summed E-state index contributed by atoms with van der Waals surface area (Å²) in [6.45, 7) is 1.43. The second kappa shape index (κ2) is 4.88. The topological polar surface area (TPSA) is 31.4 Å². The Balaban J connectivity index is 1.82. The second-order valence-corrected chi connectivity index (χ2v) is 3.10. The fraction of sp³-hybridized carbons (Fsp3) is 0.364. The molecule has 3 nitrogen and oxygen atoms in total. The van der Waals surface area contributed by atoms with Crippen LogP contribution in [0.1, 0.15) is 12.0 Å². The van der Waals surface area contributed by atoms with E-state index in [1.807, 2.05) is 30.5 Å². The lowest BCUT2D eigenvalue weighted by Crippen LogP contribution is -2.04. The highest BCUT2D eigenvalue weighted by atomic mass is 16.7. The molecule has 1 aliphatic rings. The van der Waals surface area contributed by atoms with E-state index in [1.165, 1.54) is 0 Å². The molecule has 1 aromatic heterocycles. The van der Waals surface area contributed by atoms with Crippen molar-refractivity contribution in [1.29, 1.82) is 0 Å². The first kappa shape index (κ1) is 9.37. The Morgan fingerprint density at radius 2 is 2.29 bits per heavy atom. The Morgan fingerprint density at radius 1 is 1.43 bits per heavy atom. The minimum atomic E-state index is -0.0529. The van der Waals surface area contributed by atoms with E-state index in [2.05, 4.69) is 4.98 Å². The molecule has 14 heavy (non-hydrogen) atoms. The van der Waals surface area contributed by atoms with Crippen LogP contribution < -0.4 is 0 Å². The molecule has 2 rings (SSSR count). The van der Waals surface area contributed by atoms with Gasteiger partial charge in [0.2, 0.25) is 0 Å². The summed E-state index contributed by atoms with van der Waals surface area (Å²) in [4.78, 5) is 4.02. The van der Waals surface area contributed by atoms with Crippen molar-refractivity contribution in [3.8, 4) is 0 Å². The van der Waals surface area contributed by atoms with E-state index >= 15 is 0 Å². The van der Waals surface area contributed by atoms with E-state index < -0.39 is 0 Å². The molecule has 0 bridgehead atoms. The normalized spacial score (nSPS) is 18.0. The molecule has 0 aromatic carbocycles. The maximum absolute atomic E-state index is 5.30. The van der Waals surface area contributed by atoms with E-state index in [1.54, 1.807) is 6.20 Å². The molecule has 0 amide bonds. The van der Waals surface area contributed by atoms with Gasteiger partial charge in [0.05, 0.1) is 13.2 Å². The lowest BCUT2D eigenvalue weighted by atomic mass is 10.2. The first-order valence-electron chi connectivity index (χ1n) is 4.75. The predicted molar refractivity (Wildman–Crippen MR) is 53.6 cm³/mol. The Morgan fingerprint density at radius 3 is 3.00 bits per heavy atom. The van der Waals surface area contributed by atoms with Crippen LogP contribution in [0.4, 0.5) is 0 Å². The van der Waals surface area contributed by atoms with Gasteiger partial charge in [0.15, 0.2) is 6.29 Å². The molecule has 1 aliphatic heterocycles. The third-order valence-electron chi connectivity index (χ3n) is 2.01. The van der Waals surface area contributed by atoms with Gasteiger partial charge in [-0.15, -0.1) is 0 Å². The molecular weight excluding hydrogens is 178 g/mol. The van der Waals surface area contributed by atoms with Crippen molar-refractivity contribution in [2.24, 2.45) is 0 Å². The SMILES string of the molecule is C(=C\c1cccnc1)/CC1OCCO1. The van der Waals surface area contributed by atoms with Gasteiger partial charge in [-0.1, -0.05) is 18.2 Å². The van der Waals surface area contributed by atoms with Gasteiger partial charge in [-0.2, -0.15) is 0 Å². The standard InChI is InChI=1S/C11H13NO2/c1(5-11-13-7-8-14-11)3-10-4-2-6-12-9-10/h1-4,6,9,11H,5,7-8H2/b3-1+. The van der Waals surface area contributed by atoms with Crippen LogP contribution in [0, 0.1) is 0 Å². The Kier molecular flexibility index (Phi) is 3.27. The highest BCUT2D eigenvalue weighted by Crippen LogP contribution is 2.09. The Hall–Kier alpha value is -1.19. The minimum absolute atomic E-state index is 0.0529. The van der Waals surface area contributed by atoms with Gasteiger partial charge in [-0.05, 0) is 11.6 Å². The van der Waals surface area contributed by atoms with Crippen molar-refractivity contribution in [1.82, 2.24) is 4.98 Å². The van der Waals surface area contributed by atoms with Crippen molar-refractivity contribution in [2.45, 2.75) is 12.7 Å². The summed E-state index contributed by atoms with van der Waals surface area (Å²) in [5, 5.41) is 0. The summed E-state index contributed by atoms with van der Waals surface area (Å²) in [6, 6.07) is 3.93. The molecule has 1 aromatic rings. The highest BCUT2D eigenvalue weighted by Gasteiger charge is 2.13. The minimum Gasteiger partial charge on any atom is -0.350 e. The van der Waals surface area contributed by atoms with Gasteiger partial charge in [-0.3, -0.25) is 4.98 Å². The van der Waals surface area contributed by atoms with Crippen LogP contribution in [0.25, 0.3) is 6.08 Å². The average Bonchev–Trinajstić information content (AvgIpc) is 2.72. The lowest BCUT2D eigenvalue weighted by molar-refractivity contribution is -0.0379. The van der Waals surface area contributed by atoms with Crippen molar-refractivity contribution in [3.63, 3.8) is 0 Å². The summed E-state index contributed by atoms with van der Waals surface area (Å²) in [5.74, 6) is 0. The van der Waals surface area contributed by atoms with Gasteiger partial charge in [0.25, 0.3) is 0 Å². The molecule has 0 unspecified atom stereocenters. The van der Waals surface area contributed by atoms with Gasteiger partial charge in [-0.25, -0.2) is 0 Å². The van der Waals surface area contributed by atoms with Gasteiger partial charge < -0.3 is 9.47 Å². The number of rotatable bonds is 3. The number of hydrogen-bond donors (Lipinski definition) is 0. The van der Waals surface area contributed by atoms with Crippen LogP contribution >= 0.6 is 0 Å². The number of aromatic nitrogens is 1. The van der Waals surface area contributed by atoms with Gasteiger partial charge >= 0.3 is 0 Å². The van der Waals surface area contributed by atoms with E-state index in [9.17, 15) is 0 Å². The zero-order chi connectivity index (χ0) is 9.64. The molecular formula is C11H13NO2. The fourth-order valence-electron chi connectivity index (χ4n) is 1.33. The third-order valence-corrected chi connectivity index (χ3v) is 2.01. The summed E-state index contributed by atoms with van der Waals surface area (Å²) in [5.41, 5.74) is 1.10. The van der Waals surface area contributed by atoms with E-state index in [-0.39, 0.29) is 6.29 Å². The molecule has 3 heteroatoms. The molecule has 0 N–H and O–H groups in total. The maximum atomic E-state index is 5.30. The van der Waals surface area contributed by atoms with Crippen LogP contribution in [0.15, 0.2) is 30.6 Å². The smallest absolute Gasteiger partial charge is 0.161 e. The van der Waals surface area contributed by atoms with Crippen molar-refractivity contribution in [2.75, 3.05) is 13.2 Å². The summed E-state index contributed by atoms with van der Waals surface area (Å²) < 4.78 is 10.6. The summed E-state index contributed by atoms with van der Waals surface area (Å²) in [7, 11) is 0. The van der Waals surface area contributed by atoms with Crippen molar-refractivity contribution < 1.29 is 9.47 Å². The molecule has 1 saturated heterocycles. The van der Waals surface area contributed by atoms with Crippen molar-refractivity contribution in [3.05, 3.63) is 36.2 Å². The number of nitrogens with zero attached hydrogens (tertiary/aromatic N) is 1. The molecule has 0 spiro atoms. The lowest BCUT2D eigenvalue weighted by Gasteiger charge is -2.03. The van der Waals surface area contributed by atoms with E-state index in [0.29, 0.717) is 13.2 Å². The first-order chi connectivity index (χ1) is 6.95. The third kappa shape index (κ3) is 2.65. The van der Waals surface area contributed by atoms with Crippen molar-refractivity contribution >= 4 is 6.08 Å². The quantitative estimate of drug-likeness (QED) is 0.730. The Labute approximate surface area is 83.4 Å². The zero-order valence-corrected chi connectivity index (χ0v) is 7.93. The number of ether oxygens (including phenoxy) is 2. The molecule has 74 valence electrons. The number of hydrogen-bond acceptors (Lipinski definition) is 3. The Bertz CT molecular complexity index is 291. The van der Waals surface area contributed by atoms with Gasteiger partial charge in [0.1, 0.15) is 0 Å². The highest BCUT2D eigenvalue weighted by molar-refractivity contribution is 5.47. The second-order valence-electron chi connectivity index (χ2n) is 3.10. The molecule has 0 saturated carbocycles. The molecule has 1 fully saturated rings. The monoisotopic (exact) mass is 191 g/mol. The molecule has 0 atom stereocenters. The van der Waals surface area contributed by atoms with E-state index in [0.717, 1.165) is 12.0 Å². The van der Waals surface area contributed by atoms with Crippen LogP contribution in [0.2, 0.25) is 0 Å². The first-order valence-corrected chi connectivity index (χ1v) is 4.75. The average molecular weight is 191 g/mol. The molecule has 0 aliphatic carbocycles. The van der Waals surface area contributed by atoms with Gasteiger partial charge in [0, 0.05) is 18.8 Å². The molecule has 0 radical (unpaired) electrons. The van der Waals surface area contributed by atoms with Crippen LogP contribution in [0.5, 0.6) is 0 Å². The fourth-order valence-corrected chi connectivity index (χ4v) is 1.33. The summed E-state index contributed by atoms with van der Waals surface area (Å²) >= 11 is 0. The van der Waals surface area contributed by atoms with Crippen LogP contribution in [0.3, 0.4) is 0 Å². The maximum Gasteiger partial charge on any atom is 0.161 e. The summed E-state index contributed by atoms with van der Waals surface area (Å²) in [6.07, 6.45) is 8.41. The predicted octanol–water partition coefficient (Wildman–Crippen LogP) is 1.86. The largest absolute Gasteiger partial charge is 0.350 e. The number of pyridine rings is 1. The van der Waals surface area contributed by atoms with Crippen LogP contribution in [-0.4, -0.2) is 24.5 Å². The molecule has 2 heterocycles. The van der Waals surface area contributed by atoms with Crippen LogP contribution in [-0.2, 0) is 9.47 Å². The zero-order valence-electron chi connectivity index (χ0n) is 7.93.